The van der Waals surface area contributed by atoms with E-state index < -0.39 is 0 Å². The molecule has 28 rings (SSSR count). The zero-order chi connectivity index (χ0) is 92.7. The van der Waals surface area contributed by atoms with Crippen LogP contribution in [0.2, 0.25) is 0 Å². The zero-order valence-corrected chi connectivity index (χ0v) is 76.4. The molecule has 0 atom stereocenters. The van der Waals surface area contributed by atoms with Gasteiger partial charge in [-0.3, -0.25) is 0 Å². The van der Waals surface area contributed by atoms with Crippen LogP contribution < -0.4 is 14.7 Å². The van der Waals surface area contributed by atoms with E-state index in [9.17, 15) is 0 Å². The maximum atomic E-state index is 6.31. The molecule has 6 heterocycles. The molecule has 0 spiro atoms. The van der Waals surface area contributed by atoms with Gasteiger partial charge in [-0.05, 0) is 322 Å². The van der Waals surface area contributed by atoms with Crippen LogP contribution in [-0.4, -0.2) is 13.7 Å². The zero-order valence-electron chi connectivity index (χ0n) is 76.4. The summed E-state index contributed by atoms with van der Waals surface area (Å²) in [6.07, 6.45) is 0. The van der Waals surface area contributed by atoms with Crippen LogP contribution in [0.15, 0.2) is 523 Å². The first-order valence-corrected chi connectivity index (χ1v) is 48.0. The summed E-state index contributed by atoms with van der Waals surface area (Å²) in [6.45, 7) is 0. The Bertz CT molecular complexity index is 8700. The summed E-state index contributed by atoms with van der Waals surface area (Å²) in [5.74, 6) is 0. The number of nitrogens with zero attached hydrogens (tertiary/aromatic N) is 6. The van der Waals surface area contributed by atoms with E-state index in [0.29, 0.717) is 0 Å². The lowest BCUT2D eigenvalue weighted by Gasteiger charge is -2.27. The van der Waals surface area contributed by atoms with Gasteiger partial charge in [-0.2, -0.15) is 0 Å². The third-order valence-electron chi connectivity index (χ3n) is 28.7. The van der Waals surface area contributed by atoms with Crippen molar-refractivity contribution in [3.8, 4) is 83.8 Å². The minimum Gasteiger partial charge on any atom is -0.456 e. The van der Waals surface area contributed by atoms with Crippen LogP contribution >= 0.6 is 0 Å². The van der Waals surface area contributed by atoms with Crippen molar-refractivity contribution in [1.82, 2.24) is 13.7 Å². The maximum Gasteiger partial charge on any atom is 0.135 e. The van der Waals surface area contributed by atoms with Gasteiger partial charge < -0.3 is 41.7 Å². The molecule has 0 aliphatic rings. The Kier molecular flexibility index (Phi) is 18.8. The van der Waals surface area contributed by atoms with Crippen LogP contribution in [0.4, 0.5) is 51.2 Å². The third kappa shape index (κ3) is 13.8. The standard InChI is InChI=1S/C132H84N6O3/c1-10-28-121-109(19-1)110-20-2-11-29-122(110)136(121)106-70-64-103(65-71-106)133(97-52-37-85(38-53-97)91-49-76-130-118(82-91)115-25-7-16-34-127(115)139-130)100-58-43-88(44-59-100)94-79-95(89-45-60-101(61-46-89)134(98-54-39-86(40-55-98)92-50-77-131-119(83-92)116-26-8-17-35-128(116)140-131)104-66-72-107(73-67-104)137-123-30-12-3-21-111(123)112-22-4-13-31-124(112)137)81-96(80-94)90-47-62-102(63-48-90)135(99-56-41-87(42-57-99)93-51-78-132-120(84-93)117-27-9-18-36-129(117)141-132)105-68-74-108(75-69-105)138-125-32-14-5-23-113(125)114-24-6-15-33-126(114)138/h1-84H. The molecule has 0 bridgehead atoms. The van der Waals surface area contributed by atoms with Crippen LogP contribution in [0.3, 0.4) is 0 Å². The molecule has 9 heteroatoms. The topological polar surface area (TPSA) is 63.9 Å². The fourth-order valence-electron chi connectivity index (χ4n) is 21.9. The normalized spacial score (nSPS) is 11.8. The van der Waals surface area contributed by atoms with Crippen LogP contribution in [0, 0.1) is 0 Å². The highest BCUT2D eigenvalue weighted by Crippen LogP contribution is 2.48. The van der Waals surface area contributed by atoms with Gasteiger partial charge in [0.2, 0.25) is 0 Å². The molecule has 0 unspecified atom stereocenters. The van der Waals surface area contributed by atoms with E-state index in [1.54, 1.807) is 0 Å². The average Bonchev–Trinajstić information content (AvgIpc) is 1.60. The van der Waals surface area contributed by atoms with E-state index in [2.05, 4.69) is 502 Å². The smallest absolute Gasteiger partial charge is 0.135 e. The molecule has 0 fully saturated rings. The van der Waals surface area contributed by atoms with Crippen molar-refractivity contribution in [2.75, 3.05) is 14.7 Å². The summed E-state index contributed by atoms with van der Waals surface area (Å²) < 4.78 is 26.1. The van der Waals surface area contributed by atoms with E-state index in [4.69, 9.17) is 13.3 Å². The molecule has 22 aromatic carbocycles. The van der Waals surface area contributed by atoms with E-state index >= 15 is 0 Å². The van der Waals surface area contributed by atoms with Gasteiger partial charge in [0.15, 0.2) is 0 Å². The molecule has 28 aromatic rings. The lowest BCUT2D eigenvalue weighted by Crippen LogP contribution is -2.10. The minimum absolute atomic E-state index is 0.875. The number of hydrogen-bond acceptors (Lipinski definition) is 6. The second-order valence-corrected chi connectivity index (χ2v) is 36.7. The minimum atomic E-state index is 0.875. The molecular formula is C132H84N6O3. The molecule has 0 amide bonds. The van der Waals surface area contributed by atoms with Crippen molar-refractivity contribution in [3.63, 3.8) is 0 Å². The van der Waals surface area contributed by atoms with Gasteiger partial charge in [0.1, 0.15) is 33.5 Å². The van der Waals surface area contributed by atoms with Crippen LogP contribution in [0.1, 0.15) is 0 Å². The van der Waals surface area contributed by atoms with Crippen molar-refractivity contribution < 1.29 is 13.3 Å². The summed E-state index contributed by atoms with van der Waals surface area (Å²) in [5, 5.41) is 14.0. The molecule has 660 valence electrons. The molecule has 141 heavy (non-hydrogen) atoms. The van der Waals surface area contributed by atoms with Crippen LogP contribution in [-0.2, 0) is 0 Å². The fraction of sp³-hybridized carbons (Fsp3) is 0. The van der Waals surface area contributed by atoms with Gasteiger partial charge >= 0.3 is 0 Å². The average molecular weight is 1800 g/mol. The highest BCUT2D eigenvalue weighted by atomic mass is 16.3. The number of fused-ring (bicyclic) bond motifs is 18. The molecule has 6 aromatic heterocycles. The molecule has 0 N–H and O–H groups in total. The molecule has 0 saturated carbocycles. The molecule has 0 radical (unpaired) electrons. The molecule has 0 aliphatic carbocycles. The van der Waals surface area contributed by atoms with Gasteiger partial charge in [0.25, 0.3) is 0 Å². The third-order valence-corrected chi connectivity index (χ3v) is 28.7. The van der Waals surface area contributed by atoms with Crippen LogP contribution in [0.25, 0.3) is 215 Å². The first-order valence-electron chi connectivity index (χ1n) is 48.0. The Morgan fingerprint density at radius 3 is 0.496 bits per heavy atom. The van der Waals surface area contributed by atoms with Crippen molar-refractivity contribution in [3.05, 3.63) is 510 Å². The highest BCUT2D eigenvalue weighted by Gasteiger charge is 2.25. The summed E-state index contributed by atoms with van der Waals surface area (Å²) in [5.41, 5.74) is 37.9. The first-order chi connectivity index (χ1) is 69.8. The number of hydrogen-bond donors (Lipinski definition) is 0. The lowest BCUT2D eigenvalue weighted by molar-refractivity contribution is 0.668. The van der Waals surface area contributed by atoms with E-state index in [1.165, 1.54) is 65.4 Å². The van der Waals surface area contributed by atoms with Crippen molar-refractivity contribution in [2.45, 2.75) is 0 Å². The number of benzene rings is 22. The van der Waals surface area contributed by atoms with Crippen LogP contribution in [0.5, 0.6) is 0 Å². The van der Waals surface area contributed by atoms with Gasteiger partial charge in [-0.25, -0.2) is 0 Å². The van der Waals surface area contributed by atoms with E-state index in [1.807, 2.05) is 36.4 Å². The number of furan rings is 3. The van der Waals surface area contributed by atoms with E-state index in [-0.39, 0.29) is 0 Å². The second-order valence-electron chi connectivity index (χ2n) is 36.7. The predicted molar refractivity (Wildman–Crippen MR) is 588 cm³/mol. The molecule has 9 nitrogen and oxygen atoms in total. The summed E-state index contributed by atoms with van der Waals surface area (Å²) >= 11 is 0. The molecular weight excluding hydrogens is 1720 g/mol. The van der Waals surface area contributed by atoms with Crippen molar-refractivity contribution in [1.29, 1.82) is 0 Å². The maximum absolute atomic E-state index is 6.31. The Labute approximate surface area is 811 Å². The Balaban J connectivity index is 0.571. The van der Waals surface area contributed by atoms with Crippen molar-refractivity contribution in [2.24, 2.45) is 0 Å². The molecule has 0 saturated heterocycles. The van der Waals surface area contributed by atoms with Gasteiger partial charge in [-0.15, -0.1) is 0 Å². The number of para-hydroxylation sites is 9. The Morgan fingerprint density at radius 2 is 0.284 bits per heavy atom. The fourth-order valence-corrected chi connectivity index (χ4v) is 21.9. The quantitative estimate of drug-likeness (QED) is 0.0853. The molecule has 0 aliphatic heterocycles. The summed E-state index contributed by atoms with van der Waals surface area (Å²) in [6, 6.07) is 185. The number of rotatable bonds is 18. The Morgan fingerprint density at radius 1 is 0.121 bits per heavy atom. The van der Waals surface area contributed by atoms with E-state index in [0.717, 1.165) is 201 Å². The first kappa shape index (κ1) is 80.5. The van der Waals surface area contributed by atoms with Gasteiger partial charge in [0, 0.05) is 133 Å². The predicted octanol–water partition coefficient (Wildman–Crippen LogP) is 37.1. The number of aromatic nitrogens is 3. The lowest BCUT2D eigenvalue weighted by atomic mass is 9.93. The summed E-state index contributed by atoms with van der Waals surface area (Å²) in [7, 11) is 0. The summed E-state index contributed by atoms with van der Waals surface area (Å²) in [4.78, 5) is 7.13. The SMILES string of the molecule is c1ccc2c(c1)oc1ccc(-c3ccc(N(c4ccc(-c5cc(-c6ccc(N(c7ccc(-c8ccc9oc%10ccccc%10c9c8)cc7)c7ccc(-n8c9ccccc9c9ccccc98)cc7)cc6)cc(-c6ccc(N(c7ccc(-c8ccc9oc%10ccccc%10c9c8)cc7)c7ccc(-n8c9ccccc9c9ccccc98)cc7)cc6)c5)cc4)c4ccc(-n5c6ccccc6c6ccccc65)cc4)cc3)cc12. The monoisotopic (exact) mass is 1800 g/mol. The number of anilines is 9. The van der Waals surface area contributed by atoms with Gasteiger partial charge in [0.05, 0.1) is 33.1 Å². The highest BCUT2D eigenvalue weighted by molar-refractivity contribution is 6.14. The van der Waals surface area contributed by atoms with Crippen molar-refractivity contribution >= 4 is 182 Å². The second kappa shape index (κ2) is 33.0. The Hall–Kier alpha value is -19.0. The van der Waals surface area contributed by atoms with Gasteiger partial charge in [-0.1, -0.05) is 255 Å². The largest absolute Gasteiger partial charge is 0.456 e.